The zero-order chi connectivity index (χ0) is 22.5. The quantitative estimate of drug-likeness (QED) is 0.366. The van der Waals surface area contributed by atoms with Gasteiger partial charge in [-0.2, -0.15) is 0 Å². The van der Waals surface area contributed by atoms with Crippen molar-refractivity contribution < 1.29 is 50.8 Å². The van der Waals surface area contributed by atoms with E-state index in [0.717, 1.165) is 11.1 Å². The van der Waals surface area contributed by atoms with Gasteiger partial charge in [-0.15, -0.1) is 0 Å². The SMILES string of the molecule is Cc1cn(C)c(=O)c(NC(=O)NC(CC(=O)O)c2cccc(-c3cncnc3)c2)c1O.[H-].[Na+]. The van der Waals surface area contributed by atoms with Gasteiger partial charge >= 0.3 is 41.6 Å². The van der Waals surface area contributed by atoms with Gasteiger partial charge in [0.05, 0.1) is 12.5 Å². The molecule has 1 atom stereocenters. The molecule has 32 heavy (non-hydrogen) atoms. The van der Waals surface area contributed by atoms with E-state index in [-0.39, 0.29) is 48.8 Å². The van der Waals surface area contributed by atoms with Crippen molar-refractivity contribution in [2.24, 2.45) is 7.05 Å². The molecule has 0 aliphatic heterocycles. The van der Waals surface area contributed by atoms with Crippen molar-refractivity contribution in [1.82, 2.24) is 19.9 Å². The minimum absolute atomic E-state index is 0. The maximum Gasteiger partial charge on any atom is 1.00 e. The molecule has 162 valence electrons. The first kappa shape index (κ1) is 25.1. The van der Waals surface area contributed by atoms with Gasteiger partial charge in [0, 0.05) is 36.8 Å². The van der Waals surface area contributed by atoms with Gasteiger partial charge in [0.25, 0.3) is 5.56 Å². The van der Waals surface area contributed by atoms with E-state index in [4.69, 9.17) is 0 Å². The van der Waals surface area contributed by atoms with Crippen molar-refractivity contribution in [3.8, 4) is 16.9 Å². The molecule has 0 saturated heterocycles. The van der Waals surface area contributed by atoms with Crippen LogP contribution in [0, 0.1) is 6.92 Å². The summed E-state index contributed by atoms with van der Waals surface area (Å²) in [5, 5.41) is 24.4. The maximum absolute atomic E-state index is 12.6. The third-order valence-electron chi connectivity index (χ3n) is 4.64. The monoisotopic (exact) mass is 447 g/mol. The molecule has 0 bridgehead atoms. The fourth-order valence-corrected chi connectivity index (χ4v) is 3.12. The number of nitrogens with one attached hydrogen (secondary N) is 2. The number of nitrogens with zero attached hydrogens (tertiary/aromatic N) is 3. The van der Waals surface area contributed by atoms with Crippen LogP contribution >= 0.6 is 0 Å². The summed E-state index contributed by atoms with van der Waals surface area (Å²) in [7, 11) is 1.49. The number of urea groups is 1. The van der Waals surface area contributed by atoms with Crippen molar-refractivity contribution in [1.29, 1.82) is 0 Å². The molecule has 2 heterocycles. The molecule has 1 aromatic carbocycles. The van der Waals surface area contributed by atoms with Gasteiger partial charge in [-0.25, -0.2) is 14.8 Å². The van der Waals surface area contributed by atoms with Crippen LogP contribution in [0.1, 0.15) is 25.0 Å². The van der Waals surface area contributed by atoms with E-state index in [0.29, 0.717) is 11.1 Å². The number of carboxylic acid groups (broad SMARTS) is 1. The summed E-state index contributed by atoms with van der Waals surface area (Å²) in [6.45, 7) is 1.59. The zero-order valence-electron chi connectivity index (χ0n) is 18.9. The summed E-state index contributed by atoms with van der Waals surface area (Å²) in [4.78, 5) is 44.2. The number of hydrogen-bond donors (Lipinski definition) is 4. The number of anilines is 1. The fraction of sp³-hybridized carbons (Fsp3) is 0.190. The number of aliphatic carboxylic acids is 1. The third-order valence-corrected chi connectivity index (χ3v) is 4.64. The molecule has 1 unspecified atom stereocenters. The van der Waals surface area contributed by atoms with Crippen LogP contribution in [0.4, 0.5) is 10.5 Å². The molecule has 2 aromatic heterocycles. The van der Waals surface area contributed by atoms with E-state index in [2.05, 4.69) is 20.6 Å². The van der Waals surface area contributed by atoms with Crippen LogP contribution in [0.2, 0.25) is 0 Å². The summed E-state index contributed by atoms with van der Waals surface area (Å²) in [6.07, 6.45) is 5.69. The van der Waals surface area contributed by atoms with E-state index >= 15 is 0 Å². The fourth-order valence-electron chi connectivity index (χ4n) is 3.12. The minimum atomic E-state index is -1.12. The number of aromatic nitrogens is 3. The average molecular weight is 447 g/mol. The summed E-state index contributed by atoms with van der Waals surface area (Å²) in [5.74, 6) is -1.47. The first-order chi connectivity index (χ1) is 14.8. The first-order valence-electron chi connectivity index (χ1n) is 9.30. The second-order valence-electron chi connectivity index (χ2n) is 6.95. The molecular weight excluding hydrogens is 425 g/mol. The summed E-state index contributed by atoms with van der Waals surface area (Å²) in [6, 6.07) is 5.25. The summed E-state index contributed by atoms with van der Waals surface area (Å²) in [5.41, 5.74) is 1.54. The van der Waals surface area contributed by atoms with Gasteiger partial charge in [0.15, 0.2) is 5.69 Å². The summed E-state index contributed by atoms with van der Waals surface area (Å²) < 4.78 is 1.23. The second-order valence-corrected chi connectivity index (χ2v) is 6.95. The molecule has 11 heteroatoms. The number of carboxylic acids is 1. The Labute approximate surface area is 207 Å². The molecule has 3 rings (SSSR count). The Morgan fingerprint density at radius 3 is 2.56 bits per heavy atom. The van der Waals surface area contributed by atoms with Crippen molar-refractivity contribution >= 4 is 17.7 Å². The van der Waals surface area contributed by atoms with E-state index in [9.17, 15) is 24.6 Å². The van der Waals surface area contributed by atoms with E-state index in [1.807, 2.05) is 6.07 Å². The number of carbonyl (C=O) groups is 2. The van der Waals surface area contributed by atoms with Gasteiger partial charge < -0.3 is 26.8 Å². The Morgan fingerprint density at radius 1 is 1.22 bits per heavy atom. The number of carbonyl (C=O) groups excluding carboxylic acids is 1. The molecule has 10 nitrogen and oxygen atoms in total. The average Bonchev–Trinajstić information content (AvgIpc) is 2.75. The maximum atomic E-state index is 12.6. The van der Waals surface area contributed by atoms with Gasteiger partial charge in [-0.3, -0.25) is 9.59 Å². The molecule has 0 fully saturated rings. The van der Waals surface area contributed by atoms with Gasteiger partial charge in [0.1, 0.15) is 12.1 Å². The normalized spacial score (nSPS) is 11.2. The van der Waals surface area contributed by atoms with Crippen LogP contribution in [-0.2, 0) is 11.8 Å². The standard InChI is InChI=1S/C21H21N5O5.Na.H/c1-12-10-26(2)20(30)18(19(12)29)25-21(31)24-16(7-17(27)28)14-5-3-4-13(6-14)15-8-22-11-23-9-15;;/h3-6,8-11,16,29H,7H2,1-2H3,(H,27,28)(H2,24,25,31);;/q;+1;-1. The number of pyridine rings is 1. The third kappa shape index (κ3) is 5.94. The Kier molecular flexibility index (Phi) is 8.53. The zero-order valence-corrected chi connectivity index (χ0v) is 19.9. The van der Waals surface area contributed by atoms with E-state index in [1.165, 1.54) is 24.1 Å². The molecule has 0 spiro atoms. The van der Waals surface area contributed by atoms with Crippen LogP contribution in [0.5, 0.6) is 5.75 Å². The van der Waals surface area contributed by atoms with Crippen molar-refractivity contribution in [2.45, 2.75) is 19.4 Å². The number of rotatable bonds is 6. The van der Waals surface area contributed by atoms with E-state index < -0.39 is 23.6 Å². The molecular formula is C21H22N5NaO5. The largest absolute Gasteiger partial charge is 1.00 e. The van der Waals surface area contributed by atoms with Gasteiger partial charge in [-0.05, 0) is 24.1 Å². The van der Waals surface area contributed by atoms with Crippen LogP contribution in [0.3, 0.4) is 0 Å². The number of hydrogen-bond acceptors (Lipinski definition) is 6. The smallest absolute Gasteiger partial charge is 1.00 e. The molecule has 4 N–H and O–H groups in total. The van der Waals surface area contributed by atoms with Crippen molar-refractivity contribution in [2.75, 3.05) is 5.32 Å². The molecule has 2 amide bonds. The first-order valence-corrected chi connectivity index (χ1v) is 9.30. The number of amides is 2. The molecule has 3 aromatic rings. The summed E-state index contributed by atoms with van der Waals surface area (Å²) >= 11 is 0. The van der Waals surface area contributed by atoms with Crippen LogP contribution in [0.25, 0.3) is 11.1 Å². The topological polar surface area (TPSA) is 146 Å². The van der Waals surface area contributed by atoms with Gasteiger partial charge in [0.2, 0.25) is 0 Å². The van der Waals surface area contributed by atoms with Crippen molar-refractivity contribution in [3.05, 3.63) is 70.7 Å². The molecule has 0 saturated carbocycles. The predicted molar refractivity (Wildman–Crippen MR) is 114 cm³/mol. The van der Waals surface area contributed by atoms with Crippen LogP contribution in [-0.4, -0.2) is 36.7 Å². The van der Waals surface area contributed by atoms with Gasteiger partial charge in [-0.1, -0.05) is 18.2 Å². The Bertz CT molecular complexity index is 1190. The second kappa shape index (κ2) is 10.9. The molecule has 0 aliphatic carbocycles. The predicted octanol–water partition coefficient (Wildman–Crippen LogP) is -0.690. The van der Waals surface area contributed by atoms with E-state index in [1.54, 1.807) is 37.5 Å². The number of benzene rings is 1. The Morgan fingerprint density at radius 2 is 1.91 bits per heavy atom. The Balaban J connectivity index is 0.00000272. The minimum Gasteiger partial charge on any atom is -1.00 e. The Hall–Kier alpha value is -3.21. The van der Waals surface area contributed by atoms with Crippen LogP contribution < -0.4 is 45.8 Å². The van der Waals surface area contributed by atoms with Crippen molar-refractivity contribution in [3.63, 3.8) is 0 Å². The molecule has 0 aliphatic rings. The molecule has 0 radical (unpaired) electrons. The number of aryl methyl sites for hydroxylation is 2. The number of aromatic hydroxyl groups is 1. The van der Waals surface area contributed by atoms with Crippen LogP contribution in [0.15, 0.2) is 54.0 Å².